The molecule has 0 aromatic rings. The van der Waals surface area contributed by atoms with E-state index in [-0.39, 0.29) is 24.0 Å². The van der Waals surface area contributed by atoms with Crippen molar-refractivity contribution >= 4 is 41.7 Å². The number of hydrogen-bond acceptors (Lipinski definition) is 4. The third kappa shape index (κ3) is 8.79. The maximum Gasteiger partial charge on any atom is 0.193 e. The number of rotatable bonds is 8. The Morgan fingerprint density at radius 1 is 1.36 bits per heavy atom. The molecule has 1 saturated heterocycles. The van der Waals surface area contributed by atoms with Crippen molar-refractivity contribution in [2.24, 2.45) is 4.99 Å². The molecule has 132 valence electrons. The summed E-state index contributed by atoms with van der Waals surface area (Å²) in [5, 5.41) is 4.06. The first-order valence-corrected chi connectivity index (χ1v) is 9.09. The first kappa shape index (κ1) is 22.3. The predicted molar refractivity (Wildman–Crippen MR) is 107 cm³/mol. The SMILES string of the molecule is CN=C(NCC(C)SC)N1CCC(OCCCOC)CC1.I. The van der Waals surface area contributed by atoms with Crippen LogP contribution in [-0.4, -0.2) is 75.5 Å². The van der Waals surface area contributed by atoms with Crippen molar-refractivity contribution in [1.29, 1.82) is 0 Å². The average molecular weight is 445 g/mol. The summed E-state index contributed by atoms with van der Waals surface area (Å²) in [5.74, 6) is 1.02. The molecule has 1 fully saturated rings. The lowest BCUT2D eigenvalue weighted by molar-refractivity contribution is 0.00992. The Bertz CT molecular complexity index is 301. The number of aliphatic imine (C=N–C) groups is 1. The molecule has 1 N–H and O–H groups in total. The van der Waals surface area contributed by atoms with E-state index in [1.165, 1.54) is 0 Å². The zero-order valence-electron chi connectivity index (χ0n) is 14.3. The number of thioether (sulfide) groups is 1. The maximum absolute atomic E-state index is 5.89. The van der Waals surface area contributed by atoms with Crippen molar-refractivity contribution in [3.8, 4) is 0 Å². The van der Waals surface area contributed by atoms with Crippen LogP contribution in [0, 0.1) is 0 Å². The van der Waals surface area contributed by atoms with E-state index < -0.39 is 0 Å². The molecule has 5 nitrogen and oxygen atoms in total. The fourth-order valence-electron chi connectivity index (χ4n) is 2.34. The molecule has 1 heterocycles. The Kier molecular flexibility index (Phi) is 13.9. The van der Waals surface area contributed by atoms with Crippen LogP contribution in [0.1, 0.15) is 26.2 Å². The van der Waals surface area contributed by atoms with Gasteiger partial charge in [-0.05, 0) is 25.5 Å². The number of hydrogen-bond donors (Lipinski definition) is 1. The van der Waals surface area contributed by atoms with Crippen LogP contribution in [0.2, 0.25) is 0 Å². The highest BCUT2D eigenvalue weighted by Gasteiger charge is 2.21. The molecule has 0 saturated carbocycles. The Morgan fingerprint density at radius 3 is 2.59 bits per heavy atom. The van der Waals surface area contributed by atoms with Gasteiger partial charge in [-0.2, -0.15) is 11.8 Å². The molecular formula is C15H32IN3O2S. The van der Waals surface area contributed by atoms with Gasteiger partial charge >= 0.3 is 0 Å². The smallest absolute Gasteiger partial charge is 0.193 e. The lowest BCUT2D eigenvalue weighted by Gasteiger charge is -2.34. The van der Waals surface area contributed by atoms with E-state index in [9.17, 15) is 0 Å². The molecule has 1 rings (SSSR count). The number of ether oxygens (including phenoxy) is 2. The summed E-state index contributed by atoms with van der Waals surface area (Å²) in [4.78, 5) is 6.73. The highest BCUT2D eigenvalue weighted by molar-refractivity contribution is 14.0. The van der Waals surface area contributed by atoms with Crippen molar-refractivity contribution in [3.05, 3.63) is 0 Å². The van der Waals surface area contributed by atoms with E-state index in [1.54, 1.807) is 7.11 Å². The van der Waals surface area contributed by atoms with Crippen molar-refractivity contribution < 1.29 is 9.47 Å². The largest absolute Gasteiger partial charge is 0.385 e. The van der Waals surface area contributed by atoms with Gasteiger partial charge in [-0.25, -0.2) is 0 Å². The van der Waals surface area contributed by atoms with Crippen LogP contribution in [0.25, 0.3) is 0 Å². The minimum Gasteiger partial charge on any atom is -0.385 e. The van der Waals surface area contributed by atoms with Crippen LogP contribution in [0.15, 0.2) is 4.99 Å². The number of methoxy groups -OCH3 is 1. The van der Waals surface area contributed by atoms with Crippen LogP contribution in [0.5, 0.6) is 0 Å². The van der Waals surface area contributed by atoms with Gasteiger partial charge in [0.1, 0.15) is 0 Å². The van der Waals surface area contributed by atoms with Crippen molar-refractivity contribution in [1.82, 2.24) is 10.2 Å². The Labute approximate surface area is 157 Å². The van der Waals surface area contributed by atoms with Gasteiger partial charge in [-0.3, -0.25) is 4.99 Å². The van der Waals surface area contributed by atoms with Crippen LogP contribution < -0.4 is 5.32 Å². The Hall–Kier alpha value is 0.270. The zero-order chi connectivity index (χ0) is 15.5. The first-order valence-electron chi connectivity index (χ1n) is 7.80. The van der Waals surface area contributed by atoms with Crippen molar-refractivity contribution in [2.45, 2.75) is 37.5 Å². The molecule has 7 heteroatoms. The molecule has 1 aliphatic rings. The Morgan fingerprint density at radius 2 is 2.05 bits per heavy atom. The molecular weight excluding hydrogens is 413 g/mol. The fraction of sp³-hybridized carbons (Fsp3) is 0.933. The van der Waals surface area contributed by atoms with Gasteiger partial charge in [-0.1, -0.05) is 6.92 Å². The van der Waals surface area contributed by atoms with Gasteiger partial charge in [0.15, 0.2) is 5.96 Å². The Balaban J connectivity index is 0.00000441. The maximum atomic E-state index is 5.89. The lowest BCUT2D eigenvalue weighted by atomic mass is 10.1. The topological polar surface area (TPSA) is 46.1 Å². The third-order valence-corrected chi connectivity index (χ3v) is 4.72. The summed E-state index contributed by atoms with van der Waals surface area (Å²) in [6.07, 6.45) is 5.66. The molecule has 0 aromatic carbocycles. The quantitative estimate of drug-likeness (QED) is 0.269. The number of nitrogens with zero attached hydrogens (tertiary/aromatic N) is 2. The van der Waals surface area contributed by atoms with Crippen LogP contribution in [0.4, 0.5) is 0 Å². The second-order valence-corrected chi connectivity index (χ2v) is 6.65. The summed E-state index contributed by atoms with van der Waals surface area (Å²) >= 11 is 1.87. The summed E-state index contributed by atoms with van der Waals surface area (Å²) in [6, 6.07) is 0. The second-order valence-electron chi connectivity index (χ2n) is 5.38. The van der Waals surface area contributed by atoms with E-state index in [0.29, 0.717) is 11.4 Å². The van der Waals surface area contributed by atoms with Gasteiger partial charge in [0.2, 0.25) is 0 Å². The van der Waals surface area contributed by atoms with Gasteiger partial charge < -0.3 is 19.7 Å². The van der Waals surface area contributed by atoms with E-state index in [0.717, 1.165) is 58.1 Å². The van der Waals surface area contributed by atoms with Gasteiger partial charge in [0, 0.05) is 52.3 Å². The van der Waals surface area contributed by atoms with Crippen molar-refractivity contribution in [3.63, 3.8) is 0 Å². The standard InChI is InChI=1S/C15H31N3O2S.HI/c1-13(21-4)12-17-15(16-2)18-8-6-14(7-9-18)20-11-5-10-19-3;/h13-14H,5-12H2,1-4H3,(H,16,17);1H. The summed E-state index contributed by atoms with van der Waals surface area (Å²) in [7, 11) is 3.59. The van der Waals surface area contributed by atoms with E-state index >= 15 is 0 Å². The molecule has 0 radical (unpaired) electrons. The lowest BCUT2D eigenvalue weighted by Crippen LogP contribution is -2.48. The molecule has 0 aliphatic carbocycles. The molecule has 0 aromatic heterocycles. The van der Waals surface area contributed by atoms with E-state index in [1.807, 2.05) is 18.8 Å². The molecule has 1 aliphatic heterocycles. The van der Waals surface area contributed by atoms with Gasteiger partial charge in [0.25, 0.3) is 0 Å². The monoisotopic (exact) mass is 445 g/mol. The first-order chi connectivity index (χ1) is 10.2. The van der Waals surface area contributed by atoms with Crippen molar-refractivity contribution in [2.75, 3.05) is 53.3 Å². The fourth-order valence-corrected chi connectivity index (χ4v) is 2.59. The molecule has 0 amide bonds. The number of likely N-dealkylation sites (tertiary alicyclic amines) is 1. The molecule has 0 bridgehead atoms. The second kappa shape index (κ2) is 13.7. The number of piperidine rings is 1. The number of nitrogens with one attached hydrogen (secondary N) is 1. The number of halogens is 1. The highest BCUT2D eigenvalue weighted by atomic mass is 127. The predicted octanol–water partition coefficient (Wildman–Crippen LogP) is 2.45. The van der Waals surface area contributed by atoms with Crippen LogP contribution in [-0.2, 0) is 9.47 Å². The molecule has 0 spiro atoms. The zero-order valence-corrected chi connectivity index (χ0v) is 17.5. The minimum absolute atomic E-state index is 0. The minimum atomic E-state index is 0. The summed E-state index contributed by atoms with van der Waals surface area (Å²) in [5.41, 5.74) is 0. The van der Waals surface area contributed by atoms with Gasteiger partial charge in [0.05, 0.1) is 6.10 Å². The van der Waals surface area contributed by atoms with Crippen LogP contribution >= 0.6 is 35.7 Å². The molecule has 22 heavy (non-hydrogen) atoms. The highest BCUT2D eigenvalue weighted by Crippen LogP contribution is 2.14. The summed E-state index contributed by atoms with van der Waals surface area (Å²) < 4.78 is 10.9. The normalized spacial score (nSPS) is 18.0. The summed E-state index contributed by atoms with van der Waals surface area (Å²) in [6.45, 7) is 6.80. The van der Waals surface area contributed by atoms with Crippen LogP contribution in [0.3, 0.4) is 0 Å². The van der Waals surface area contributed by atoms with E-state index in [4.69, 9.17) is 9.47 Å². The molecule has 1 atom stereocenters. The number of guanidine groups is 1. The molecule has 1 unspecified atom stereocenters. The van der Waals surface area contributed by atoms with Gasteiger partial charge in [-0.15, -0.1) is 24.0 Å². The van der Waals surface area contributed by atoms with E-state index in [2.05, 4.69) is 28.4 Å². The third-order valence-electron chi connectivity index (χ3n) is 3.75. The average Bonchev–Trinajstić information content (AvgIpc) is 2.53.